The topological polar surface area (TPSA) is 37.4 Å². The highest BCUT2D eigenvalue weighted by molar-refractivity contribution is 5.72. The maximum Gasteiger partial charge on any atom is 0.501 e. The Balaban J connectivity index is 1.11. The zero-order valence-corrected chi connectivity index (χ0v) is 23.2. The van der Waals surface area contributed by atoms with Crippen molar-refractivity contribution in [3.05, 3.63) is 164 Å². The van der Waals surface area contributed by atoms with E-state index in [0.29, 0.717) is 0 Å². The molecular formula is C38H27N3O2+2. The van der Waals surface area contributed by atoms with Crippen LogP contribution in [0, 0.1) is 0 Å². The average Bonchev–Trinajstić information content (AvgIpc) is 3.57. The molecule has 0 amide bonds. The highest BCUT2D eigenvalue weighted by Crippen LogP contribution is 2.32. The van der Waals surface area contributed by atoms with E-state index in [1.54, 1.807) is 0 Å². The SMILES string of the molecule is C1=[N+](c2ccccc2)C=C[N+]=1c1cccc(Oc2cccc(-c3cc(-c4cccc(Oc5ccccc5)c4)ccn3)c2)c1. The third-order valence-electron chi connectivity index (χ3n) is 6.98. The van der Waals surface area contributed by atoms with Crippen LogP contribution in [0.3, 0.4) is 0 Å². The first-order chi connectivity index (χ1) is 21.3. The van der Waals surface area contributed by atoms with Crippen LogP contribution in [0.25, 0.3) is 22.4 Å². The summed E-state index contributed by atoms with van der Waals surface area (Å²) in [6.07, 6.45) is 5.80. The first-order valence-electron chi connectivity index (χ1n) is 14.0. The van der Waals surface area contributed by atoms with Crippen LogP contribution < -0.4 is 9.47 Å². The molecule has 0 N–H and O–H groups in total. The molecule has 0 fully saturated rings. The number of para-hydroxylation sites is 2. The number of aromatic nitrogens is 1. The van der Waals surface area contributed by atoms with E-state index >= 15 is 0 Å². The Morgan fingerprint density at radius 1 is 0.442 bits per heavy atom. The van der Waals surface area contributed by atoms with Crippen molar-refractivity contribution in [2.45, 2.75) is 0 Å². The number of pyridine rings is 1. The zero-order valence-electron chi connectivity index (χ0n) is 23.2. The summed E-state index contributed by atoms with van der Waals surface area (Å²) in [7, 11) is 0. The Morgan fingerprint density at radius 3 is 1.74 bits per heavy atom. The van der Waals surface area contributed by atoms with Crippen LogP contribution in [-0.2, 0) is 0 Å². The minimum absolute atomic E-state index is 0.732. The lowest BCUT2D eigenvalue weighted by Crippen LogP contribution is -1.95. The van der Waals surface area contributed by atoms with E-state index in [9.17, 15) is 0 Å². The van der Waals surface area contributed by atoms with Gasteiger partial charge in [-0.1, -0.05) is 75.9 Å². The smallest absolute Gasteiger partial charge is 0.457 e. The van der Waals surface area contributed by atoms with E-state index < -0.39 is 0 Å². The second kappa shape index (κ2) is 11.8. The largest absolute Gasteiger partial charge is 0.501 e. The lowest BCUT2D eigenvalue weighted by Gasteiger charge is -2.10. The molecule has 6 aromatic rings. The van der Waals surface area contributed by atoms with Crippen molar-refractivity contribution >= 4 is 17.4 Å². The summed E-state index contributed by atoms with van der Waals surface area (Å²) in [6, 6.07) is 51.4. The number of rotatable bonds is 8. The molecule has 1 aromatic heterocycles. The molecule has 2 heterocycles. The average molecular weight is 558 g/mol. The summed E-state index contributed by atoms with van der Waals surface area (Å²) in [6.45, 7) is 0. The fourth-order valence-electron chi connectivity index (χ4n) is 4.88. The first kappa shape index (κ1) is 25.9. The summed E-state index contributed by atoms with van der Waals surface area (Å²) in [5, 5.41) is 0. The van der Waals surface area contributed by atoms with Gasteiger partial charge in [-0.05, 0) is 65.7 Å². The van der Waals surface area contributed by atoms with E-state index in [4.69, 9.17) is 9.47 Å². The third-order valence-corrected chi connectivity index (χ3v) is 6.98. The van der Waals surface area contributed by atoms with Crippen molar-refractivity contribution in [1.82, 2.24) is 4.98 Å². The summed E-state index contributed by atoms with van der Waals surface area (Å²) in [5.74, 6) is 3.06. The van der Waals surface area contributed by atoms with Crippen LogP contribution in [0.15, 0.2) is 164 Å². The van der Waals surface area contributed by atoms with Gasteiger partial charge in [0.25, 0.3) is 12.4 Å². The second-order valence-electron chi connectivity index (χ2n) is 9.97. The molecule has 7 rings (SSSR count). The van der Waals surface area contributed by atoms with E-state index in [-0.39, 0.29) is 0 Å². The predicted octanol–water partition coefficient (Wildman–Crippen LogP) is 9.65. The molecule has 1 aliphatic rings. The number of hydrogen-bond acceptors (Lipinski definition) is 3. The van der Waals surface area contributed by atoms with E-state index in [1.807, 2.05) is 149 Å². The number of ether oxygens (including phenoxy) is 2. The Labute approximate surface area is 250 Å². The van der Waals surface area contributed by atoms with Crippen molar-refractivity contribution in [3.8, 4) is 45.4 Å². The minimum atomic E-state index is 0.732. The molecule has 1 aliphatic heterocycles. The van der Waals surface area contributed by atoms with Crippen LogP contribution >= 0.6 is 0 Å². The van der Waals surface area contributed by atoms with Gasteiger partial charge >= 0.3 is 6.01 Å². The molecule has 0 saturated heterocycles. The zero-order chi connectivity index (χ0) is 28.8. The fourth-order valence-corrected chi connectivity index (χ4v) is 4.88. The van der Waals surface area contributed by atoms with Gasteiger partial charge in [0.05, 0.1) is 11.8 Å². The van der Waals surface area contributed by atoms with E-state index in [0.717, 1.165) is 56.8 Å². The summed E-state index contributed by atoms with van der Waals surface area (Å²) < 4.78 is 16.3. The second-order valence-corrected chi connectivity index (χ2v) is 9.97. The van der Waals surface area contributed by atoms with Crippen molar-refractivity contribution < 1.29 is 18.6 Å². The molecule has 5 aromatic carbocycles. The first-order valence-corrected chi connectivity index (χ1v) is 14.0. The molecule has 204 valence electrons. The molecule has 0 unspecified atom stereocenters. The Morgan fingerprint density at radius 2 is 0.977 bits per heavy atom. The highest BCUT2D eigenvalue weighted by atomic mass is 16.5. The van der Waals surface area contributed by atoms with Gasteiger partial charge in [-0.15, -0.1) is 0 Å². The maximum absolute atomic E-state index is 6.30. The monoisotopic (exact) mass is 557 g/mol. The van der Waals surface area contributed by atoms with Gasteiger partial charge in [0.2, 0.25) is 11.4 Å². The molecule has 0 atom stereocenters. The summed E-state index contributed by atoms with van der Waals surface area (Å²) >= 11 is 0. The molecule has 0 bridgehead atoms. The predicted molar refractivity (Wildman–Crippen MR) is 169 cm³/mol. The summed E-state index contributed by atoms with van der Waals surface area (Å²) in [5.41, 5.74) is 5.94. The minimum Gasteiger partial charge on any atom is -0.457 e. The van der Waals surface area contributed by atoms with Gasteiger partial charge in [0.1, 0.15) is 23.0 Å². The number of benzene rings is 5. The molecule has 5 nitrogen and oxygen atoms in total. The molecule has 0 spiro atoms. The lowest BCUT2D eigenvalue weighted by molar-refractivity contribution is -0.387. The molecule has 0 saturated carbocycles. The van der Waals surface area contributed by atoms with E-state index in [1.165, 1.54) is 0 Å². The fraction of sp³-hybridized carbons (Fsp3) is 0. The van der Waals surface area contributed by atoms with Crippen LogP contribution in [0.2, 0.25) is 0 Å². The quantitative estimate of drug-likeness (QED) is 0.175. The maximum atomic E-state index is 6.30. The standard InChI is InChI=1S/C38H27N3O2/c1-3-12-32(13-4-1)40-22-23-41(28-40)33-14-9-19-37(27-33)43-36-18-8-11-31(25-36)38-26-30(20-21-39-38)29-10-7-17-35(24-29)42-34-15-5-2-6-16-34/h1-27H/q+2. The molecule has 0 aliphatic carbocycles. The normalized spacial score (nSPS) is 12.0. The van der Waals surface area contributed by atoms with Gasteiger partial charge in [0.15, 0.2) is 0 Å². The number of nitrogens with zero attached hydrogens (tertiary/aromatic N) is 3. The molecule has 0 radical (unpaired) electrons. The van der Waals surface area contributed by atoms with Crippen LogP contribution in [-0.4, -0.2) is 20.1 Å². The Hall–Kier alpha value is -6.03. The van der Waals surface area contributed by atoms with Crippen molar-refractivity contribution in [1.29, 1.82) is 0 Å². The lowest BCUT2D eigenvalue weighted by atomic mass is 10.0. The Kier molecular flexibility index (Phi) is 7.13. The van der Waals surface area contributed by atoms with Gasteiger partial charge in [-0.2, -0.15) is 0 Å². The van der Waals surface area contributed by atoms with Crippen molar-refractivity contribution in [2.24, 2.45) is 0 Å². The van der Waals surface area contributed by atoms with Gasteiger partial charge in [0, 0.05) is 30.0 Å². The molecular weight excluding hydrogens is 530 g/mol. The highest BCUT2D eigenvalue weighted by Gasteiger charge is 2.21. The third kappa shape index (κ3) is 6.03. The van der Waals surface area contributed by atoms with Crippen LogP contribution in [0.4, 0.5) is 11.4 Å². The van der Waals surface area contributed by atoms with Crippen molar-refractivity contribution in [3.63, 3.8) is 0 Å². The van der Waals surface area contributed by atoms with Gasteiger partial charge < -0.3 is 9.47 Å². The summed E-state index contributed by atoms with van der Waals surface area (Å²) in [4.78, 5) is 4.66. The van der Waals surface area contributed by atoms with Gasteiger partial charge in [-0.25, -0.2) is 0 Å². The van der Waals surface area contributed by atoms with E-state index in [2.05, 4.69) is 35.3 Å². The molecule has 5 heteroatoms. The van der Waals surface area contributed by atoms with Gasteiger partial charge in [-0.3, -0.25) is 4.98 Å². The Bertz CT molecular complexity index is 2010. The molecule has 43 heavy (non-hydrogen) atoms. The van der Waals surface area contributed by atoms with Crippen LogP contribution in [0.5, 0.6) is 23.0 Å². The van der Waals surface area contributed by atoms with Crippen LogP contribution in [0.1, 0.15) is 0 Å². The number of hydrogen-bond donors (Lipinski definition) is 0. The van der Waals surface area contributed by atoms with Crippen molar-refractivity contribution in [2.75, 3.05) is 0 Å².